The van der Waals surface area contributed by atoms with Crippen molar-refractivity contribution in [1.29, 1.82) is 0 Å². The maximum Gasteiger partial charge on any atom is 0.339 e. The summed E-state index contributed by atoms with van der Waals surface area (Å²) in [4.78, 5) is 24.6. The minimum absolute atomic E-state index is 0.0889. The number of carbonyl (C=O) groups excluding carboxylic acids is 1. The Hall–Kier alpha value is -2.60. The largest absolute Gasteiger partial charge is 0.478 e. The van der Waals surface area contributed by atoms with Gasteiger partial charge < -0.3 is 19.2 Å². The quantitative estimate of drug-likeness (QED) is 0.752. The number of hydrogen-bond acceptors (Lipinski definition) is 4. The molecule has 2 rings (SSSR count). The van der Waals surface area contributed by atoms with E-state index in [4.69, 9.17) is 14.3 Å². The molecule has 6 nitrogen and oxygen atoms in total. The summed E-state index contributed by atoms with van der Waals surface area (Å²) in [6.07, 6.45) is 0.259. The van der Waals surface area contributed by atoms with E-state index >= 15 is 0 Å². The summed E-state index contributed by atoms with van der Waals surface area (Å²) in [6.45, 7) is 2.62. The maximum absolute atomic E-state index is 12.1. The fraction of sp³-hybridized carbons (Fsp3) is 0.333. The zero-order valence-corrected chi connectivity index (χ0v) is 13.8. The van der Waals surface area contributed by atoms with E-state index in [1.807, 2.05) is 30.3 Å². The Balaban J connectivity index is 1.76. The Labute approximate surface area is 140 Å². The molecule has 0 aliphatic rings. The molecule has 1 heterocycles. The van der Waals surface area contributed by atoms with Gasteiger partial charge in [0.2, 0.25) is 5.91 Å². The second-order valence-electron chi connectivity index (χ2n) is 5.53. The molecule has 0 bridgehead atoms. The average Bonchev–Trinajstić information content (AvgIpc) is 2.93. The number of carbonyl (C=O) groups is 2. The lowest BCUT2D eigenvalue weighted by Gasteiger charge is -2.15. The smallest absolute Gasteiger partial charge is 0.339 e. The van der Waals surface area contributed by atoms with E-state index in [0.29, 0.717) is 24.7 Å². The molecule has 0 fully saturated rings. The molecule has 0 saturated heterocycles. The molecule has 1 N–H and O–H groups in total. The second-order valence-corrected chi connectivity index (χ2v) is 5.53. The van der Waals surface area contributed by atoms with Crippen LogP contribution in [-0.4, -0.2) is 35.5 Å². The molecule has 1 aromatic heterocycles. The standard InChI is InChI=1S/C18H21NO5/c1-13-16(18(21)22)10-15(24-13)11-19(2)17(20)8-9-23-12-14-6-4-3-5-7-14/h3-7,10H,8-9,11-12H2,1-2H3,(H,21,22). The van der Waals surface area contributed by atoms with Gasteiger partial charge in [-0.3, -0.25) is 4.79 Å². The SMILES string of the molecule is Cc1oc(CN(C)C(=O)CCOCc2ccccc2)cc1C(=O)O. The fourth-order valence-corrected chi connectivity index (χ4v) is 2.27. The van der Waals surface area contributed by atoms with Crippen molar-refractivity contribution in [3.8, 4) is 0 Å². The number of carboxylic acid groups (broad SMARTS) is 1. The molecule has 0 unspecified atom stereocenters. The van der Waals surface area contributed by atoms with Crippen molar-refractivity contribution >= 4 is 11.9 Å². The van der Waals surface area contributed by atoms with Crippen LogP contribution in [0, 0.1) is 6.92 Å². The molecule has 0 atom stereocenters. The van der Waals surface area contributed by atoms with E-state index in [2.05, 4.69) is 0 Å². The van der Waals surface area contributed by atoms with Crippen LogP contribution >= 0.6 is 0 Å². The van der Waals surface area contributed by atoms with E-state index in [9.17, 15) is 9.59 Å². The molecule has 0 spiro atoms. The van der Waals surface area contributed by atoms with Gasteiger partial charge in [-0.15, -0.1) is 0 Å². The van der Waals surface area contributed by atoms with Crippen LogP contribution in [-0.2, 0) is 22.7 Å². The Kier molecular flexibility index (Phi) is 6.14. The monoisotopic (exact) mass is 331 g/mol. The molecule has 0 radical (unpaired) electrons. The Bertz CT molecular complexity index is 693. The van der Waals surface area contributed by atoms with Crippen LogP contribution in [0.15, 0.2) is 40.8 Å². The first-order valence-corrected chi connectivity index (χ1v) is 7.65. The number of ether oxygens (including phenoxy) is 1. The van der Waals surface area contributed by atoms with Gasteiger partial charge in [-0.05, 0) is 18.6 Å². The van der Waals surface area contributed by atoms with Crippen LogP contribution in [0.25, 0.3) is 0 Å². The number of aryl methyl sites for hydroxylation is 1. The second kappa shape index (κ2) is 8.31. The van der Waals surface area contributed by atoms with E-state index in [1.165, 1.54) is 11.0 Å². The Morgan fingerprint density at radius 1 is 1.25 bits per heavy atom. The predicted molar refractivity (Wildman–Crippen MR) is 87.6 cm³/mol. The number of benzene rings is 1. The molecule has 6 heteroatoms. The van der Waals surface area contributed by atoms with Crippen molar-refractivity contribution < 1.29 is 23.8 Å². The van der Waals surface area contributed by atoms with Gasteiger partial charge >= 0.3 is 5.97 Å². The third kappa shape index (κ3) is 4.96. The Morgan fingerprint density at radius 3 is 2.58 bits per heavy atom. The summed E-state index contributed by atoms with van der Waals surface area (Å²) in [7, 11) is 1.65. The molecular formula is C18H21NO5. The van der Waals surface area contributed by atoms with Crippen LogP contribution < -0.4 is 0 Å². The number of amides is 1. The van der Waals surface area contributed by atoms with Crippen molar-refractivity contribution in [3.63, 3.8) is 0 Å². The first-order chi connectivity index (χ1) is 11.5. The van der Waals surface area contributed by atoms with Gasteiger partial charge in [-0.1, -0.05) is 30.3 Å². The van der Waals surface area contributed by atoms with E-state index in [1.54, 1.807) is 14.0 Å². The lowest BCUT2D eigenvalue weighted by atomic mass is 10.2. The molecule has 0 aliphatic heterocycles. The molecule has 128 valence electrons. The lowest BCUT2D eigenvalue weighted by molar-refractivity contribution is -0.131. The lowest BCUT2D eigenvalue weighted by Crippen LogP contribution is -2.26. The third-order valence-electron chi connectivity index (χ3n) is 3.59. The number of carboxylic acids is 1. The van der Waals surface area contributed by atoms with E-state index in [-0.39, 0.29) is 24.4 Å². The summed E-state index contributed by atoms with van der Waals surface area (Å²) < 4.78 is 10.9. The highest BCUT2D eigenvalue weighted by Gasteiger charge is 2.16. The highest BCUT2D eigenvalue weighted by Crippen LogP contribution is 2.16. The first-order valence-electron chi connectivity index (χ1n) is 7.65. The van der Waals surface area contributed by atoms with Crippen LogP contribution in [0.3, 0.4) is 0 Å². The highest BCUT2D eigenvalue weighted by atomic mass is 16.5. The summed E-state index contributed by atoms with van der Waals surface area (Å²) in [5.41, 5.74) is 1.18. The number of aromatic carboxylic acids is 1. The zero-order chi connectivity index (χ0) is 17.5. The summed E-state index contributed by atoms with van der Waals surface area (Å²) in [5, 5.41) is 9.00. The molecule has 1 amide bonds. The number of furan rings is 1. The number of nitrogens with zero attached hydrogens (tertiary/aromatic N) is 1. The van der Waals surface area contributed by atoms with Crippen LogP contribution in [0.2, 0.25) is 0 Å². The van der Waals surface area contributed by atoms with Gasteiger partial charge in [-0.25, -0.2) is 4.79 Å². The third-order valence-corrected chi connectivity index (χ3v) is 3.59. The fourth-order valence-electron chi connectivity index (χ4n) is 2.27. The maximum atomic E-state index is 12.1. The molecule has 24 heavy (non-hydrogen) atoms. The van der Waals surface area contributed by atoms with E-state index in [0.717, 1.165) is 5.56 Å². The number of hydrogen-bond donors (Lipinski definition) is 1. The molecular weight excluding hydrogens is 310 g/mol. The van der Waals surface area contributed by atoms with Crippen LogP contribution in [0.1, 0.15) is 33.9 Å². The Morgan fingerprint density at radius 2 is 1.96 bits per heavy atom. The van der Waals surface area contributed by atoms with Gasteiger partial charge in [0, 0.05) is 7.05 Å². The average molecular weight is 331 g/mol. The van der Waals surface area contributed by atoms with Gasteiger partial charge in [0.05, 0.1) is 26.2 Å². The van der Waals surface area contributed by atoms with Gasteiger partial charge in [0.15, 0.2) is 0 Å². The zero-order valence-electron chi connectivity index (χ0n) is 13.8. The van der Waals surface area contributed by atoms with Crippen molar-refractivity contribution in [2.24, 2.45) is 0 Å². The summed E-state index contributed by atoms with van der Waals surface area (Å²) in [6, 6.07) is 11.2. The summed E-state index contributed by atoms with van der Waals surface area (Å²) in [5.74, 6) is -0.338. The van der Waals surface area contributed by atoms with Crippen molar-refractivity contribution in [2.45, 2.75) is 26.5 Å². The van der Waals surface area contributed by atoms with Gasteiger partial charge in [0.25, 0.3) is 0 Å². The minimum atomic E-state index is -1.04. The van der Waals surface area contributed by atoms with Crippen LogP contribution in [0.4, 0.5) is 0 Å². The number of rotatable bonds is 8. The topological polar surface area (TPSA) is 80.0 Å². The molecule has 2 aromatic rings. The first kappa shape index (κ1) is 17.7. The van der Waals surface area contributed by atoms with Gasteiger partial charge in [-0.2, -0.15) is 0 Å². The minimum Gasteiger partial charge on any atom is -0.478 e. The van der Waals surface area contributed by atoms with Crippen molar-refractivity contribution in [1.82, 2.24) is 4.90 Å². The molecule has 0 saturated carbocycles. The van der Waals surface area contributed by atoms with Crippen molar-refractivity contribution in [3.05, 3.63) is 59.0 Å². The normalized spacial score (nSPS) is 10.6. The molecule has 1 aromatic carbocycles. The molecule has 0 aliphatic carbocycles. The predicted octanol–water partition coefficient (Wildman–Crippen LogP) is 2.85. The van der Waals surface area contributed by atoms with Crippen LogP contribution in [0.5, 0.6) is 0 Å². The van der Waals surface area contributed by atoms with Gasteiger partial charge in [0.1, 0.15) is 17.1 Å². The highest BCUT2D eigenvalue weighted by molar-refractivity contribution is 5.88. The van der Waals surface area contributed by atoms with Crippen molar-refractivity contribution in [2.75, 3.05) is 13.7 Å². The van der Waals surface area contributed by atoms with E-state index < -0.39 is 5.97 Å². The summed E-state index contributed by atoms with van der Waals surface area (Å²) >= 11 is 0.